The highest BCUT2D eigenvalue weighted by Crippen LogP contribution is 2.47. The number of nitro groups is 1. The maximum absolute atomic E-state index is 14.3. The van der Waals surface area contributed by atoms with Crippen LogP contribution in [0.25, 0.3) is 0 Å². The summed E-state index contributed by atoms with van der Waals surface area (Å²) < 4.78 is 0. The van der Waals surface area contributed by atoms with Gasteiger partial charge in [0.25, 0.3) is 11.6 Å². The Kier molecular flexibility index (Phi) is 5.68. The van der Waals surface area contributed by atoms with E-state index in [4.69, 9.17) is 0 Å². The Bertz CT molecular complexity index is 1450. The van der Waals surface area contributed by atoms with Crippen LogP contribution in [0.5, 0.6) is 0 Å². The molecule has 10 heteroatoms. The van der Waals surface area contributed by atoms with E-state index in [-0.39, 0.29) is 12.1 Å². The number of hydrogen-bond donors (Lipinski definition) is 1. The van der Waals surface area contributed by atoms with Gasteiger partial charge in [-0.05, 0) is 29.3 Å². The molecule has 1 N–H and O–H groups in total. The number of carbonyl (C=O) groups is 3. The van der Waals surface area contributed by atoms with Crippen LogP contribution in [0.4, 0.5) is 21.9 Å². The third kappa shape index (κ3) is 3.72. The highest BCUT2D eigenvalue weighted by atomic mass is 16.6. The van der Waals surface area contributed by atoms with Crippen molar-refractivity contribution in [3.05, 3.63) is 100 Å². The van der Waals surface area contributed by atoms with Gasteiger partial charge >= 0.3 is 6.03 Å². The number of rotatable bonds is 4. The van der Waals surface area contributed by atoms with Crippen molar-refractivity contribution in [3.8, 4) is 0 Å². The molecule has 3 aromatic carbocycles. The Labute approximate surface area is 218 Å². The third-order valence-electron chi connectivity index (χ3n) is 7.76. The van der Waals surface area contributed by atoms with Crippen LogP contribution in [0.1, 0.15) is 11.1 Å². The number of hydrogen-bond acceptors (Lipinski definition) is 7. The molecular weight excluding hydrogens is 486 g/mol. The number of anilines is 2. The number of fused-ring (bicyclic) bond motifs is 4. The number of barbiturate groups is 1. The van der Waals surface area contributed by atoms with Gasteiger partial charge in [-0.25, -0.2) is 9.69 Å². The van der Waals surface area contributed by atoms with Crippen molar-refractivity contribution in [2.24, 2.45) is 5.41 Å². The van der Waals surface area contributed by atoms with E-state index in [1.54, 1.807) is 36.4 Å². The molecule has 4 amide bonds. The lowest BCUT2D eigenvalue weighted by molar-refractivity contribution is -0.384. The van der Waals surface area contributed by atoms with Crippen LogP contribution in [0.2, 0.25) is 0 Å². The van der Waals surface area contributed by atoms with Gasteiger partial charge in [0, 0.05) is 50.4 Å². The zero-order valence-corrected chi connectivity index (χ0v) is 20.4. The van der Waals surface area contributed by atoms with Crippen molar-refractivity contribution < 1.29 is 19.3 Å². The predicted molar refractivity (Wildman–Crippen MR) is 140 cm³/mol. The van der Waals surface area contributed by atoms with E-state index in [2.05, 4.69) is 10.2 Å². The molecule has 3 heterocycles. The number of nitro benzene ring substituents is 1. The highest BCUT2D eigenvalue weighted by molar-refractivity contribution is 6.30. The molecule has 192 valence electrons. The minimum Gasteiger partial charge on any atom is -0.364 e. The van der Waals surface area contributed by atoms with E-state index >= 15 is 0 Å². The van der Waals surface area contributed by atoms with Crippen LogP contribution in [0, 0.1) is 15.5 Å². The minimum absolute atomic E-state index is 0.0500. The number of carbonyl (C=O) groups excluding carboxylic acids is 3. The topological polar surface area (TPSA) is 116 Å². The number of piperazine rings is 1. The molecule has 0 bridgehead atoms. The summed E-state index contributed by atoms with van der Waals surface area (Å²) in [4.78, 5) is 57.4. The molecular formula is C28H25N5O5. The predicted octanol–water partition coefficient (Wildman–Crippen LogP) is 3.11. The summed E-state index contributed by atoms with van der Waals surface area (Å²) in [5.41, 5.74) is 1.02. The average molecular weight is 512 g/mol. The lowest BCUT2D eigenvalue weighted by Crippen LogP contribution is -2.75. The molecule has 38 heavy (non-hydrogen) atoms. The molecule has 2 saturated heterocycles. The number of non-ortho nitro benzene ring substituents is 1. The number of amides is 4. The van der Waals surface area contributed by atoms with E-state index in [0.29, 0.717) is 37.4 Å². The number of nitrogens with one attached hydrogen (secondary N) is 1. The van der Waals surface area contributed by atoms with E-state index in [1.807, 2.05) is 35.2 Å². The van der Waals surface area contributed by atoms with Crippen molar-refractivity contribution in [1.29, 1.82) is 0 Å². The fraction of sp³-hybridized carbons (Fsp3) is 0.250. The van der Waals surface area contributed by atoms with Crippen molar-refractivity contribution in [3.63, 3.8) is 0 Å². The molecule has 3 aliphatic rings. The molecule has 3 aliphatic heterocycles. The number of para-hydroxylation sites is 1. The van der Waals surface area contributed by atoms with Gasteiger partial charge in [0.1, 0.15) is 0 Å². The standard InChI is InChI=1S/C28H25N5O5/c34-25-28(26(35)32(27(36)29-25)21-9-5-2-6-10-21)16-20-15-22(33(37)38)11-12-23(20)31-14-13-30(18-24(28)31)17-19-7-3-1-4-8-19/h1-12,15,24H,13-14,16-18H2,(H,29,34,36)/t24-,28-/m0/s1. The summed E-state index contributed by atoms with van der Waals surface area (Å²) >= 11 is 0. The van der Waals surface area contributed by atoms with Crippen LogP contribution in [0.3, 0.4) is 0 Å². The molecule has 0 radical (unpaired) electrons. The fourth-order valence-electron chi connectivity index (χ4n) is 5.98. The molecule has 2 atom stereocenters. The first kappa shape index (κ1) is 23.8. The van der Waals surface area contributed by atoms with Gasteiger partial charge in [-0.15, -0.1) is 0 Å². The van der Waals surface area contributed by atoms with Gasteiger partial charge in [-0.3, -0.25) is 29.9 Å². The SMILES string of the molecule is O=C1NC(=O)[C@@]2(Cc3cc([N+](=O)[O-])ccc3N3CCN(Cc4ccccc4)C[C@H]32)C(=O)N1c1ccccc1. The molecule has 3 aromatic rings. The smallest absolute Gasteiger partial charge is 0.335 e. The molecule has 0 saturated carbocycles. The summed E-state index contributed by atoms with van der Waals surface area (Å²) in [5.74, 6) is -1.29. The summed E-state index contributed by atoms with van der Waals surface area (Å²) in [6, 6.07) is 21.7. The molecule has 6 rings (SSSR count). The Morgan fingerprint density at radius 3 is 2.37 bits per heavy atom. The van der Waals surface area contributed by atoms with Crippen LogP contribution in [-0.2, 0) is 22.6 Å². The van der Waals surface area contributed by atoms with Gasteiger partial charge in [-0.2, -0.15) is 0 Å². The Hall–Kier alpha value is -4.57. The first-order valence-electron chi connectivity index (χ1n) is 12.4. The molecule has 0 aliphatic carbocycles. The lowest BCUT2D eigenvalue weighted by atomic mass is 9.67. The van der Waals surface area contributed by atoms with Crippen molar-refractivity contribution in [2.75, 3.05) is 29.4 Å². The van der Waals surface area contributed by atoms with Crippen LogP contribution in [0.15, 0.2) is 78.9 Å². The quantitative estimate of drug-likeness (QED) is 0.325. The number of imide groups is 2. The van der Waals surface area contributed by atoms with Gasteiger partial charge in [0.15, 0.2) is 5.41 Å². The molecule has 0 aromatic heterocycles. The van der Waals surface area contributed by atoms with Gasteiger partial charge in [0.2, 0.25) is 5.91 Å². The van der Waals surface area contributed by atoms with E-state index in [1.165, 1.54) is 12.1 Å². The van der Waals surface area contributed by atoms with Gasteiger partial charge in [0.05, 0.1) is 16.7 Å². The molecule has 0 unspecified atom stereocenters. The second kappa shape index (κ2) is 9.07. The number of benzene rings is 3. The zero-order valence-electron chi connectivity index (χ0n) is 20.4. The number of nitrogens with zero attached hydrogens (tertiary/aromatic N) is 4. The Balaban J connectivity index is 1.46. The summed E-state index contributed by atoms with van der Waals surface area (Å²) in [6.45, 7) is 2.24. The molecule has 1 spiro atoms. The Morgan fingerprint density at radius 1 is 0.947 bits per heavy atom. The Morgan fingerprint density at radius 2 is 1.66 bits per heavy atom. The second-order valence-electron chi connectivity index (χ2n) is 9.88. The largest absolute Gasteiger partial charge is 0.364 e. The number of urea groups is 1. The summed E-state index contributed by atoms with van der Waals surface area (Å²) in [5, 5.41) is 14.0. The monoisotopic (exact) mass is 511 g/mol. The average Bonchev–Trinajstić information content (AvgIpc) is 2.92. The molecule has 2 fully saturated rings. The normalized spacial score (nSPS) is 23.2. The van der Waals surface area contributed by atoms with Gasteiger partial charge < -0.3 is 4.90 Å². The van der Waals surface area contributed by atoms with Crippen molar-refractivity contribution in [2.45, 2.75) is 19.0 Å². The zero-order chi connectivity index (χ0) is 26.4. The first-order valence-corrected chi connectivity index (χ1v) is 12.4. The fourth-order valence-corrected chi connectivity index (χ4v) is 5.98. The van der Waals surface area contributed by atoms with E-state index in [9.17, 15) is 24.5 Å². The van der Waals surface area contributed by atoms with Crippen molar-refractivity contribution in [1.82, 2.24) is 10.2 Å². The summed E-state index contributed by atoms with van der Waals surface area (Å²) in [6.07, 6.45) is -0.0500. The van der Waals surface area contributed by atoms with Crippen molar-refractivity contribution >= 4 is 34.9 Å². The molecule has 10 nitrogen and oxygen atoms in total. The maximum Gasteiger partial charge on any atom is 0.335 e. The highest BCUT2D eigenvalue weighted by Gasteiger charge is 2.63. The maximum atomic E-state index is 14.3. The third-order valence-corrected chi connectivity index (χ3v) is 7.76. The van der Waals surface area contributed by atoms with Crippen LogP contribution < -0.4 is 15.1 Å². The minimum atomic E-state index is -1.65. The van der Waals surface area contributed by atoms with E-state index in [0.717, 1.165) is 16.2 Å². The van der Waals surface area contributed by atoms with Gasteiger partial charge in [-0.1, -0.05) is 48.5 Å². The second-order valence-corrected chi connectivity index (χ2v) is 9.88. The van der Waals surface area contributed by atoms with E-state index < -0.39 is 34.2 Å². The lowest BCUT2D eigenvalue weighted by Gasteiger charge is -2.55. The first-order chi connectivity index (χ1) is 18.4. The van der Waals surface area contributed by atoms with Crippen LogP contribution >= 0.6 is 0 Å². The van der Waals surface area contributed by atoms with Crippen LogP contribution in [-0.4, -0.2) is 53.3 Å². The summed E-state index contributed by atoms with van der Waals surface area (Å²) in [7, 11) is 0.